The average Bonchev–Trinajstić information content (AvgIpc) is 2.37. The zero-order valence-electron chi connectivity index (χ0n) is 6.39. The molecule has 1 nitrogen and oxygen atoms in total. The fraction of sp³-hybridized carbons (Fsp3) is 1.00. The van der Waals surface area contributed by atoms with Crippen molar-refractivity contribution in [2.24, 2.45) is 11.8 Å². The van der Waals surface area contributed by atoms with Crippen LogP contribution < -0.4 is 0 Å². The molecule has 0 aromatic carbocycles. The second-order valence-corrected chi connectivity index (χ2v) is 3.01. The Hall–Kier alpha value is 0.557. The summed E-state index contributed by atoms with van der Waals surface area (Å²) in [6.07, 6.45) is 2.59. The number of rotatable bonds is 2. The molecular weight excluding hydrogens is 119 g/mol. The van der Waals surface area contributed by atoms with Gasteiger partial charge in [-0.15, -0.1) is 0 Å². The van der Waals surface area contributed by atoms with Crippen molar-refractivity contribution in [3.05, 3.63) is 0 Å². The third-order valence-electron chi connectivity index (χ3n) is 2.41. The van der Waals surface area contributed by atoms with Gasteiger partial charge in [-0.25, -0.2) is 0 Å². The Bertz CT molecular complexity index is 79.3. The molecule has 1 fully saturated rings. The number of ether oxygens (including phenoxy) is 1. The van der Waals surface area contributed by atoms with Gasteiger partial charge in [-0.1, -0.05) is 20.3 Å². The molecule has 1 heterocycles. The Balaban J connectivity index is 0.000000810. The normalized spacial score (nSPS) is 27.6. The first-order valence-electron chi connectivity index (χ1n) is 3.92. The van der Waals surface area contributed by atoms with Gasteiger partial charge in [0.05, 0.1) is 0 Å². The molecule has 2 heteroatoms. The number of hydrogen-bond acceptors (Lipinski definition) is 1. The van der Waals surface area contributed by atoms with Crippen molar-refractivity contribution in [3.8, 4) is 0 Å². The minimum absolute atomic E-state index is 0. The van der Waals surface area contributed by atoms with Crippen LogP contribution in [0, 0.1) is 11.8 Å². The summed E-state index contributed by atoms with van der Waals surface area (Å²) in [5.74, 6) is 1.72. The first kappa shape index (κ1) is 10.6. The van der Waals surface area contributed by atoms with Crippen LogP contribution in [0.5, 0.6) is 0 Å². The van der Waals surface area contributed by atoms with Crippen LogP contribution in [0.15, 0.2) is 0 Å². The average molecular weight is 136 g/mol. The molecule has 0 aliphatic carbocycles. The molecule has 0 spiro atoms. The van der Waals surface area contributed by atoms with Gasteiger partial charge in [0, 0.05) is 13.2 Å². The van der Waals surface area contributed by atoms with Gasteiger partial charge in [0.25, 0.3) is 0 Å². The molecule has 0 N–H and O–H groups in total. The van der Waals surface area contributed by atoms with E-state index in [-0.39, 0.29) is 18.9 Å². The predicted octanol–water partition coefficient (Wildman–Crippen LogP) is 1.42. The zero-order valence-corrected chi connectivity index (χ0v) is 6.39. The Morgan fingerprint density at radius 2 is 2.30 bits per heavy atom. The summed E-state index contributed by atoms with van der Waals surface area (Å²) in [6.45, 7) is 6.58. The van der Waals surface area contributed by atoms with Crippen molar-refractivity contribution in [2.45, 2.75) is 26.7 Å². The van der Waals surface area contributed by atoms with E-state index >= 15 is 0 Å². The van der Waals surface area contributed by atoms with Gasteiger partial charge >= 0.3 is 18.9 Å². The zero-order chi connectivity index (χ0) is 6.69. The molecular formula is C8H17LiO. The van der Waals surface area contributed by atoms with Crippen molar-refractivity contribution < 1.29 is 4.74 Å². The summed E-state index contributed by atoms with van der Waals surface area (Å²) >= 11 is 0. The molecule has 10 heavy (non-hydrogen) atoms. The van der Waals surface area contributed by atoms with E-state index in [1.807, 2.05) is 0 Å². The van der Waals surface area contributed by atoms with E-state index in [9.17, 15) is 0 Å². The van der Waals surface area contributed by atoms with Gasteiger partial charge < -0.3 is 4.74 Å². The molecule has 0 bridgehead atoms. The van der Waals surface area contributed by atoms with Crippen LogP contribution in [-0.2, 0) is 4.74 Å². The van der Waals surface area contributed by atoms with Crippen LogP contribution in [0.3, 0.4) is 0 Å². The van der Waals surface area contributed by atoms with Crippen LogP contribution in [0.1, 0.15) is 26.7 Å². The molecule has 1 saturated heterocycles. The maximum absolute atomic E-state index is 5.28. The monoisotopic (exact) mass is 136 g/mol. The minimum atomic E-state index is 0. The molecule has 0 saturated carbocycles. The summed E-state index contributed by atoms with van der Waals surface area (Å²) in [6, 6.07) is 0. The van der Waals surface area contributed by atoms with E-state index in [0.29, 0.717) is 0 Å². The summed E-state index contributed by atoms with van der Waals surface area (Å²) in [4.78, 5) is 0. The Kier molecular flexibility index (Phi) is 5.53. The molecule has 1 aliphatic heterocycles. The van der Waals surface area contributed by atoms with Gasteiger partial charge in [0.2, 0.25) is 0 Å². The van der Waals surface area contributed by atoms with Gasteiger partial charge in [-0.05, 0) is 18.3 Å². The fourth-order valence-electron chi connectivity index (χ4n) is 1.33. The topological polar surface area (TPSA) is 9.23 Å². The molecule has 0 aromatic heterocycles. The Labute approximate surface area is 75.7 Å². The van der Waals surface area contributed by atoms with E-state index in [2.05, 4.69) is 13.8 Å². The van der Waals surface area contributed by atoms with E-state index in [4.69, 9.17) is 4.74 Å². The van der Waals surface area contributed by atoms with E-state index in [0.717, 1.165) is 25.0 Å². The fourth-order valence-corrected chi connectivity index (χ4v) is 1.33. The van der Waals surface area contributed by atoms with E-state index < -0.39 is 0 Å². The summed E-state index contributed by atoms with van der Waals surface area (Å²) in [5.41, 5.74) is 0. The van der Waals surface area contributed by atoms with E-state index in [1.165, 1.54) is 12.8 Å². The third kappa shape index (κ3) is 2.66. The van der Waals surface area contributed by atoms with Crippen molar-refractivity contribution >= 4 is 18.9 Å². The molecule has 56 valence electrons. The van der Waals surface area contributed by atoms with Crippen LogP contribution in [-0.4, -0.2) is 32.1 Å². The molecule has 0 radical (unpaired) electrons. The second kappa shape index (κ2) is 5.24. The summed E-state index contributed by atoms with van der Waals surface area (Å²) in [5, 5.41) is 0. The van der Waals surface area contributed by atoms with Crippen molar-refractivity contribution in [2.75, 3.05) is 13.2 Å². The quantitative estimate of drug-likeness (QED) is 0.522. The van der Waals surface area contributed by atoms with Crippen molar-refractivity contribution in [1.29, 1.82) is 0 Å². The SMILES string of the molecule is CCC(C)C1CCOC1.[LiH]. The molecule has 2 unspecified atom stereocenters. The van der Waals surface area contributed by atoms with Crippen LogP contribution in [0.2, 0.25) is 0 Å². The van der Waals surface area contributed by atoms with Gasteiger partial charge in [-0.2, -0.15) is 0 Å². The Morgan fingerprint density at radius 3 is 2.70 bits per heavy atom. The maximum atomic E-state index is 5.28. The molecule has 0 amide bonds. The summed E-state index contributed by atoms with van der Waals surface area (Å²) in [7, 11) is 0. The van der Waals surface area contributed by atoms with E-state index in [1.54, 1.807) is 0 Å². The first-order valence-corrected chi connectivity index (χ1v) is 3.92. The Morgan fingerprint density at radius 1 is 1.60 bits per heavy atom. The first-order chi connectivity index (χ1) is 4.34. The van der Waals surface area contributed by atoms with Crippen LogP contribution in [0.4, 0.5) is 0 Å². The molecule has 1 rings (SSSR count). The van der Waals surface area contributed by atoms with Crippen LogP contribution >= 0.6 is 0 Å². The molecule has 1 aliphatic rings. The van der Waals surface area contributed by atoms with Crippen molar-refractivity contribution in [3.63, 3.8) is 0 Å². The van der Waals surface area contributed by atoms with Gasteiger partial charge in [0.15, 0.2) is 0 Å². The predicted molar refractivity (Wildman–Crippen MR) is 45.5 cm³/mol. The second-order valence-electron chi connectivity index (χ2n) is 3.01. The summed E-state index contributed by atoms with van der Waals surface area (Å²) < 4.78 is 5.28. The standard InChI is InChI=1S/C8H16O.Li.H/c1-3-7(2)8-4-5-9-6-8;;/h7-8H,3-6H2,1-2H3;;. The number of hydrogen-bond donors (Lipinski definition) is 0. The molecule has 2 atom stereocenters. The van der Waals surface area contributed by atoms with Crippen molar-refractivity contribution in [1.82, 2.24) is 0 Å². The third-order valence-corrected chi connectivity index (χ3v) is 2.41. The molecule has 0 aromatic rings. The van der Waals surface area contributed by atoms with Gasteiger partial charge in [-0.3, -0.25) is 0 Å². The van der Waals surface area contributed by atoms with Gasteiger partial charge in [0.1, 0.15) is 0 Å². The van der Waals surface area contributed by atoms with Crippen LogP contribution in [0.25, 0.3) is 0 Å².